The van der Waals surface area contributed by atoms with Crippen molar-refractivity contribution in [2.75, 3.05) is 13.7 Å². The number of hydrogen-bond acceptors (Lipinski definition) is 7. The van der Waals surface area contributed by atoms with Crippen molar-refractivity contribution < 1.29 is 29.2 Å². The number of nitrogens with zero attached hydrogens (tertiary/aromatic N) is 1. The normalized spacial score (nSPS) is 45.9. The maximum absolute atomic E-state index is 12.3. The summed E-state index contributed by atoms with van der Waals surface area (Å²) >= 11 is 0. The number of aliphatic hydroxyl groups excluding tert-OH is 1. The SMILES string of the molecule is CC[C@@]1(O)CC[C@@H]2[C@H]3C=C[C@]4(CCC[C@@H]1N24)[C@@H]1C(=C3)O/C(=C2/OC(=O)C(CO)=C2OC)[C@H]1C. The van der Waals surface area contributed by atoms with Gasteiger partial charge < -0.3 is 24.4 Å². The van der Waals surface area contributed by atoms with Crippen LogP contribution in [0.15, 0.2) is 46.8 Å². The summed E-state index contributed by atoms with van der Waals surface area (Å²) in [5, 5.41) is 21.3. The zero-order chi connectivity index (χ0) is 23.1. The molecular formula is C26H33NO6. The Morgan fingerprint density at radius 3 is 2.82 bits per heavy atom. The van der Waals surface area contributed by atoms with Crippen LogP contribution in [0, 0.1) is 17.8 Å². The van der Waals surface area contributed by atoms with E-state index in [2.05, 4.69) is 37.0 Å². The summed E-state index contributed by atoms with van der Waals surface area (Å²) in [4.78, 5) is 15.0. The molecule has 6 aliphatic heterocycles. The highest BCUT2D eigenvalue weighted by molar-refractivity contribution is 5.94. The molecule has 7 rings (SSSR count). The fourth-order valence-electron chi connectivity index (χ4n) is 7.75. The summed E-state index contributed by atoms with van der Waals surface area (Å²) in [6.07, 6.45) is 12.7. The molecule has 0 amide bonds. The van der Waals surface area contributed by atoms with Crippen LogP contribution in [0.2, 0.25) is 0 Å². The standard InChI is InChI=1S/C26H33NO6/c1-4-26(30)11-8-17-15-7-10-25(9-5-6-19(26)27(17)25)20-14(2)21(32-18(20)12-15)23-22(31-3)16(13-28)24(29)33-23/h7,10,12,14-15,17,19-20,28,30H,4-6,8-9,11,13H2,1-3H3/b23-21+/t14-,15-,17+,19-,20-,25+,26+/m0/s1. The van der Waals surface area contributed by atoms with E-state index in [1.54, 1.807) is 0 Å². The quantitative estimate of drug-likeness (QED) is 0.500. The first-order valence-corrected chi connectivity index (χ1v) is 12.3. The van der Waals surface area contributed by atoms with E-state index >= 15 is 0 Å². The van der Waals surface area contributed by atoms with Gasteiger partial charge in [-0.1, -0.05) is 26.0 Å². The molecule has 3 fully saturated rings. The zero-order valence-electron chi connectivity index (χ0n) is 19.5. The fraction of sp³-hybridized carbons (Fsp3) is 0.654. The molecule has 0 unspecified atom stereocenters. The van der Waals surface area contributed by atoms with Gasteiger partial charge in [0.25, 0.3) is 0 Å². The van der Waals surface area contributed by atoms with Crippen molar-refractivity contribution in [3.8, 4) is 0 Å². The van der Waals surface area contributed by atoms with E-state index in [9.17, 15) is 15.0 Å². The molecule has 2 bridgehead atoms. The maximum atomic E-state index is 12.3. The van der Waals surface area contributed by atoms with Gasteiger partial charge in [0.2, 0.25) is 5.76 Å². The number of ether oxygens (including phenoxy) is 3. The van der Waals surface area contributed by atoms with Gasteiger partial charge in [0.15, 0.2) is 11.5 Å². The third-order valence-corrected chi connectivity index (χ3v) is 9.24. The van der Waals surface area contributed by atoms with Crippen molar-refractivity contribution in [2.24, 2.45) is 17.8 Å². The van der Waals surface area contributed by atoms with Gasteiger partial charge in [-0.3, -0.25) is 4.90 Å². The van der Waals surface area contributed by atoms with E-state index in [4.69, 9.17) is 14.2 Å². The molecule has 2 N–H and O–H groups in total. The molecule has 3 saturated heterocycles. The number of rotatable bonds is 3. The van der Waals surface area contributed by atoms with Crippen LogP contribution in [-0.2, 0) is 19.0 Å². The second-order valence-electron chi connectivity index (χ2n) is 10.5. The van der Waals surface area contributed by atoms with Crippen molar-refractivity contribution in [3.63, 3.8) is 0 Å². The Kier molecular flexibility index (Phi) is 4.68. The largest absolute Gasteiger partial charge is 0.492 e. The van der Waals surface area contributed by atoms with Gasteiger partial charge >= 0.3 is 5.97 Å². The third-order valence-electron chi connectivity index (χ3n) is 9.24. The van der Waals surface area contributed by atoms with Crippen LogP contribution in [-0.4, -0.2) is 58.0 Å². The Morgan fingerprint density at radius 1 is 1.27 bits per heavy atom. The molecule has 178 valence electrons. The minimum atomic E-state index is -0.657. The first-order chi connectivity index (χ1) is 15.9. The number of esters is 1. The Morgan fingerprint density at radius 2 is 2.09 bits per heavy atom. The van der Waals surface area contributed by atoms with Crippen LogP contribution in [0.5, 0.6) is 0 Å². The van der Waals surface area contributed by atoms with E-state index in [0.29, 0.717) is 11.8 Å². The number of cyclic esters (lactones) is 1. The van der Waals surface area contributed by atoms with Gasteiger partial charge in [-0.15, -0.1) is 0 Å². The van der Waals surface area contributed by atoms with Gasteiger partial charge in [-0.25, -0.2) is 4.79 Å². The molecule has 1 aliphatic carbocycles. The van der Waals surface area contributed by atoms with E-state index in [1.165, 1.54) is 7.11 Å². The van der Waals surface area contributed by atoms with Gasteiger partial charge in [0.05, 0.1) is 24.9 Å². The van der Waals surface area contributed by atoms with E-state index in [0.717, 1.165) is 44.3 Å². The lowest BCUT2D eigenvalue weighted by Crippen LogP contribution is -2.72. The van der Waals surface area contributed by atoms with Gasteiger partial charge in [-0.2, -0.15) is 0 Å². The van der Waals surface area contributed by atoms with E-state index < -0.39 is 18.2 Å². The Hall–Kier alpha value is -2.09. The molecule has 0 aromatic rings. The van der Waals surface area contributed by atoms with Crippen LogP contribution in [0.3, 0.4) is 0 Å². The lowest BCUT2D eigenvalue weighted by molar-refractivity contribution is -0.169. The Balaban J connectivity index is 1.48. The van der Waals surface area contributed by atoms with Crippen LogP contribution < -0.4 is 0 Å². The molecule has 0 aromatic heterocycles. The number of carbonyl (C=O) groups excluding carboxylic acids is 1. The highest BCUT2D eigenvalue weighted by Gasteiger charge is 2.64. The van der Waals surface area contributed by atoms with E-state index in [1.807, 2.05) is 0 Å². The summed E-state index contributed by atoms with van der Waals surface area (Å²) in [6, 6.07) is 0.510. The van der Waals surface area contributed by atoms with Crippen LogP contribution in [0.25, 0.3) is 0 Å². The number of methoxy groups -OCH3 is 1. The van der Waals surface area contributed by atoms with Gasteiger partial charge in [0, 0.05) is 29.8 Å². The highest BCUT2D eigenvalue weighted by Crippen LogP contribution is 2.60. The monoisotopic (exact) mass is 455 g/mol. The molecule has 0 radical (unpaired) electrons. The molecule has 33 heavy (non-hydrogen) atoms. The second kappa shape index (κ2) is 7.20. The highest BCUT2D eigenvalue weighted by atomic mass is 16.6. The number of hydrogen-bond donors (Lipinski definition) is 2. The molecule has 7 nitrogen and oxygen atoms in total. The predicted octanol–water partition coefficient (Wildman–Crippen LogP) is 2.91. The summed E-state index contributed by atoms with van der Waals surface area (Å²) in [5.41, 5.74) is -0.773. The molecule has 7 atom stereocenters. The summed E-state index contributed by atoms with van der Waals surface area (Å²) < 4.78 is 17.5. The molecule has 7 aliphatic rings. The van der Waals surface area contributed by atoms with Crippen molar-refractivity contribution in [2.45, 2.75) is 75.6 Å². The van der Waals surface area contributed by atoms with Crippen LogP contribution in [0.4, 0.5) is 0 Å². The third kappa shape index (κ3) is 2.64. The first-order valence-electron chi connectivity index (χ1n) is 12.3. The summed E-state index contributed by atoms with van der Waals surface area (Å²) in [5.74, 6) is 1.72. The fourth-order valence-corrected chi connectivity index (χ4v) is 7.75. The van der Waals surface area contributed by atoms with Crippen molar-refractivity contribution in [1.29, 1.82) is 0 Å². The molecule has 0 saturated carbocycles. The maximum Gasteiger partial charge on any atom is 0.345 e. The topological polar surface area (TPSA) is 88.5 Å². The lowest BCUT2D eigenvalue weighted by Gasteiger charge is -2.63. The second-order valence-corrected chi connectivity index (χ2v) is 10.5. The average molecular weight is 456 g/mol. The van der Waals surface area contributed by atoms with Crippen LogP contribution in [0.1, 0.15) is 52.4 Å². The van der Waals surface area contributed by atoms with E-state index in [-0.39, 0.29) is 46.4 Å². The van der Waals surface area contributed by atoms with Crippen LogP contribution >= 0.6 is 0 Å². The number of allylic oxidation sites excluding steroid dienone is 1. The molecule has 7 heteroatoms. The summed E-state index contributed by atoms with van der Waals surface area (Å²) in [7, 11) is 1.48. The number of carbonyl (C=O) groups is 1. The van der Waals surface area contributed by atoms with Gasteiger partial charge in [-0.05, 0) is 44.6 Å². The lowest BCUT2D eigenvalue weighted by atomic mass is 9.62. The van der Waals surface area contributed by atoms with Crippen molar-refractivity contribution in [3.05, 3.63) is 46.8 Å². The predicted molar refractivity (Wildman–Crippen MR) is 119 cm³/mol. The first kappa shape index (κ1) is 21.4. The summed E-state index contributed by atoms with van der Waals surface area (Å²) in [6.45, 7) is 3.79. The number of piperidine rings is 2. The Labute approximate surface area is 194 Å². The zero-order valence-corrected chi connectivity index (χ0v) is 19.5. The van der Waals surface area contributed by atoms with Crippen molar-refractivity contribution >= 4 is 5.97 Å². The minimum absolute atomic E-state index is 0.0558. The molecule has 6 heterocycles. The number of aliphatic hydroxyl groups is 2. The Bertz CT molecular complexity index is 1030. The molecular weight excluding hydrogens is 422 g/mol. The van der Waals surface area contributed by atoms with Crippen molar-refractivity contribution in [1.82, 2.24) is 4.90 Å². The minimum Gasteiger partial charge on any atom is -0.492 e. The van der Waals surface area contributed by atoms with Gasteiger partial charge in [0.1, 0.15) is 11.3 Å². The smallest absolute Gasteiger partial charge is 0.345 e. The molecule has 0 aromatic carbocycles. The average Bonchev–Trinajstić information content (AvgIpc) is 3.23. The molecule has 1 spiro atoms.